The molecule has 16 heavy (non-hydrogen) atoms. The van der Waals surface area contributed by atoms with Crippen LogP contribution in [0.25, 0.3) is 0 Å². The van der Waals surface area contributed by atoms with Crippen LogP contribution in [-0.4, -0.2) is 30.7 Å². The van der Waals surface area contributed by atoms with Gasteiger partial charge in [-0.2, -0.15) is 26.3 Å². The summed E-state index contributed by atoms with van der Waals surface area (Å²) in [5.74, 6) is -8.44. The highest BCUT2D eigenvalue weighted by Gasteiger charge is 2.77. The Morgan fingerprint density at radius 1 is 1.12 bits per heavy atom. The standard InChI is InChI=1S/C5H2F7NO3/c6-1-2(14)16-5(11,12)3(7,13-15)4(8,9)10/h1H2. The molecule has 0 N–H and O–H groups in total. The molecule has 0 aliphatic rings. The molecule has 0 aromatic rings. The minimum Gasteiger partial charge on any atom is -0.394 e. The van der Waals surface area contributed by atoms with Crippen LogP contribution < -0.4 is 0 Å². The van der Waals surface area contributed by atoms with E-state index in [2.05, 4.69) is 4.74 Å². The smallest absolute Gasteiger partial charge is 0.394 e. The Labute approximate surface area is 82.3 Å². The number of hydrogen-bond acceptors (Lipinski definition) is 4. The molecular formula is C5H2F7NO3. The van der Waals surface area contributed by atoms with E-state index in [4.69, 9.17) is 0 Å². The summed E-state index contributed by atoms with van der Waals surface area (Å²) in [6, 6.07) is 0. The van der Waals surface area contributed by atoms with Crippen molar-refractivity contribution in [3.8, 4) is 0 Å². The van der Waals surface area contributed by atoms with Crippen LogP contribution in [0.4, 0.5) is 30.7 Å². The number of alkyl halides is 7. The van der Waals surface area contributed by atoms with Gasteiger partial charge in [0.2, 0.25) is 0 Å². The number of hydrogen-bond donors (Lipinski definition) is 0. The van der Waals surface area contributed by atoms with Crippen molar-refractivity contribution in [1.29, 1.82) is 0 Å². The Hall–Kier alpha value is -1.42. The van der Waals surface area contributed by atoms with Gasteiger partial charge in [0.05, 0.1) is 0 Å². The van der Waals surface area contributed by atoms with Gasteiger partial charge in [-0.3, -0.25) is 0 Å². The molecule has 1 atom stereocenters. The molecule has 0 fully saturated rings. The number of carbonyl (C=O) groups is 1. The van der Waals surface area contributed by atoms with Crippen molar-refractivity contribution >= 4 is 5.97 Å². The lowest BCUT2D eigenvalue weighted by Crippen LogP contribution is -2.55. The Morgan fingerprint density at radius 2 is 1.56 bits per heavy atom. The minimum absolute atomic E-state index is 0.559. The first kappa shape index (κ1) is 14.6. The molecule has 0 spiro atoms. The molecule has 0 bridgehead atoms. The predicted molar refractivity (Wildman–Crippen MR) is 32.7 cm³/mol. The second kappa shape index (κ2) is 4.22. The summed E-state index contributed by atoms with van der Waals surface area (Å²) in [5, 5.41) is 0.559. The van der Waals surface area contributed by atoms with Gasteiger partial charge in [0.1, 0.15) is 0 Å². The van der Waals surface area contributed by atoms with Crippen molar-refractivity contribution < 1.29 is 40.3 Å². The summed E-state index contributed by atoms with van der Waals surface area (Å²) in [7, 11) is 0. The number of nitroso groups, excluding NO2 is 1. The molecule has 0 rings (SSSR count). The van der Waals surface area contributed by atoms with Crippen LogP contribution in [0, 0.1) is 4.91 Å². The van der Waals surface area contributed by atoms with Crippen LogP contribution in [0.15, 0.2) is 5.18 Å². The Bertz CT molecular complexity index is 290. The highest BCUT2D eigenvalue weighted by atomic mass is 19.4. The van der Waals surface area contributed by atoms with Gasteiger partial charge in [-0.05, 0) is 5.18 Å². The second-order valence-corrected chi connectivity index (χ2v) is 2.34. The number of nitrogens with zero attached hydrogens (tertiary/aromatic N) is 1. The van der Waals surface area contributed by atoms with Crippen LogP contribution in [0.5, 0.6) is 0 Å². The van der Waals surface area contributed by atoms with E-state index in [0.717, 1.165) is 0 Å². The molecule has 0 heterocycles. The molecule has 0 saturated heterocycles. The van der Waals surface area contributed by atoms with Crippen LogP contribution in [0.2, 0.25) is 0 Å². The second-order valence-electron chi connectivity index (χ2n) is 2.34. The third kappa shape index (κ3) is 2.39. The predicted octanol–water partition coefficient (Wildman–Crippen LogP) is 2.09. The molecule has 0 aliphatic heterocycles. The highest BCUT2D eigenvalue weighted by molar-refractivity contribution is 5.70. The Morgan fingerprint density at radius 3 is 1.81 bits per heavy atom. The van der Waals surface area contributed by atoms with E-state index in [9.17, 15) is 40.4 Å². The van der Waals surface area contributed by atoms with Crippen molar-refractivity contribution in [2.45, 2.75) is 18.1 Å². The number of rotatable bonds is 4. The van der Waals surface area contributed by atoms with Crippen LogP contribution >= 0.6 is 0 Å². The molecule has 4 nitrogen and oxygen atoms in total. The molecule has 0 saturated carbocycles. The van der Waals surface area contributed by atoms with E-state index in [1.165, 1.54) is 0 Å². The number of carbonyl (C=O) groups excluding carboxylic acids is 1. The van der Waals surface area contributed by atoms with E-state index in [0.29, 0.717) is 5.18 Å². The SMILES string of the molecule is O=NC(F)(C(F)(F)F)C(F)(F)OC(=O)CF. The maximum absolute atomic E-state index is 12.5. The Balaban J connectivity index is 5.23. The van der Waals surface area contributed by atoms with Crippen molar-refractivity contribution in [3.63, 3.8) is 0 Å². The Kier molecular flexibility index (Phi) is 3.84. The minimum atomic E-state index is -6.42. The van der Waals surface area contributed by atoms with Crippen molar-refractivity contribution in [3.05, 3.63) is 4.91 Å². The monoisotopic (exact) mass is 257 g/mol. The molecule has 0 radical (unpaired) electrons. The summed E-state index contributed by atoms with van der Waals surface area (Å²) in [5.41, 5.74) is 0. The van der Waals surface area contributed by atoms with E-state index in [1.54, 1.807) is 0 Å². The molecule has 11 heteroatoms. The zero-order valence-corrected chi connectivity index (χ0v) is 7.02. The van der Waals surface area contributed by atoms with Gasteiger partial charge in [-0.25, -0.2) is 9.18 Å². The van der Waals surface area contributed by atoms with E-state index in [-0.39, 0.29) is 0 Å². The van der Waals surface area contributed by atoms with Gasteiger partial charge in [0.15, 0.2) is 6.67 Å². The first-order valence-electron chi connectivity index (χ1n) is 3.27. The lowest BCUT2D eigenvalue weighted by atomic mass is 10.2. The van der Waals surface area contributed by atoms with Crippen molar-refractivity contribution in [2.24, 2.45) is 5.18 Å². The zero-order chi connectivity index (χ0) is 13.2. The van der Waals surface area contributed by atoms with Gasteiger partial charge >= 0.3 is 24.0 Å². The molecule has 0 amide bonds. The fourth-order valence-corrected chi connectivity index (χ4v) is 0.508. The summed E-state index contributed by atoms with van der Waals surface area (Å²) in [6.45, 7) is -2.22. The molecule has 1 unspecified atom stereocenters. The van der Waals surface area contributed by atoms with E-state index in [1.807, 2.05) is 0 Å². The summed E-state index contributed by atoms with van der Waals surface area (Å²) in [4.78, 5) is 19.4. The fraction of sp³-hybridized carbons (Fsp3) is 0.800. The average molecular weight is 257 g/mol. The van der Waals surface area contributed by atoms with Crippen molar-refractivity contribution in [2.75, 3.05) is 6.67 Å². The van der Waals surface area contributed by atoms with Crippen LogP contribution in [0.3, 0.4) is 0 Å². The zero-order valence-electron chi connectivity index (χ0n) is 7.02. The van der Waals surface area contributed by atoms with Gasteiger partial charge in [0, 0.05) is 0 Å². The summed E-state index contributed by atoms with van der Waals surface area (Å²) < 4.78 is 86.4. The van der Waals surface area contributed by atoms with Crippen LogP contribution in [-0.2, 0) is 9.53 Å². The largest absolute Gasteiger partial charge is 0.470 e. The normalized spacial score (nSPS) is 16.4. The quantitative estimate of drug-likeness (QED) is 0.335. The number of esters is 1. The first-order valence-corrected chi connectivity index (χ1v) is 3.27. The number of ether oxygens (including phenoxy) is 1. The topological polar surface area (TPSA) is 55.7 Å². The third-order valence-electron chi connectivity index (χ3n) is 1.24. The fourth-order valence-electron chi connectivity index (χ4n) is 0.508. The molecular weight excluding hydrogens is 255 g/mol. The molecule has 94 valence electrons. The van der Waals surface area contributed by atoms with E-state index >= 15 is 0 Å². The third-order valence-corrected chi connectivity index (χ3v) is 1.24. The van der Waals surface area contributed by atoms with Crippen LogP contribution in [0.1, 0.15) is 0 Å². The maximum atomic E-state index is 12.5. The molecule has 0 aromatic carbocycles. The van der Waals surface area contributed by atoms with Gasteiger partial charge in [-0.1, -0.05) is 0 Å². The first-order chi connectivity index (χ1) is 7.02. The van der Waals surface area contributed by atoms with Gasteiger partial charge < -0.3 is 4.74 Å². The summed E-state index contributed by atoms with van der Waals surface area (Å²) in [6.07, 6.45) is -12.4. The molecule has 0 aromatic heterocycles. The van der Waals surface area contributed by atoms with Crippen molar-refractivity contribution in [1.82, 2.24) is 0 Å². The number of halogens is 7. The van der Waals surface area contributed by atoms with E-state index < -0.39 is 30.7 Å². The van der Waals surface area contributed by atoms with Gasteiger partial charge in [-0.15, -0.1) is 4.91 Å². The lowest BCUT2D eigenvalue weighted by Gasteiger charge is -2.27. The summed E-state index contributed by atoms with van der Waals surface area (Å²) >= 11 is 0. The lowest BCUT2D eigenvalue weighted by molar-refractivity contribution is -0.367. The maximum Gasteiger partial charge on any atom is 0.470 e. The van der Waals surface area contributed by atoms with Gasteiger partial charge in [0.25, 0.3) is 0 Å². The molecule has 0 aliphatic carbocycles. The average Bonchev–Trinajstić information content (AvgIpc) is 2.13. The highest BCUT2D eigenvalue weighted by Crippen LogP contribution is 2.46.